The minimum absolute atomic E-state index is 0.0341. The van der Waals surface area contributed by atoms with E-state index in [9.17, 15) is 19.8 Å². The van der Waals surface area contributed by atoms with Gasteiger partial charge in [0.25, 0.3) is 0 Å². The van der Waals surface area contributed by atoms with E-state index in [4.69, 9.17) is 4.52 Å². The second-order valence-electron chi connectivity index (χ2n) is 6.12. The van der Waals surface area contributed by atoms with Crippen molar-refractivity contribution < 1.29 is 24.3 Å². The highest BCUT2D eigenvalue weighted by atomic mass is 16.5. The van der Waals surface area contributed by atoms with Gasteiger partial charge in [-0.2, -0.15) is 0 Å². The Morgan fingerprint density at radius 1 is 1.52 bits per heavy atom. The first-order valence-electron chi connectivity index (χ1n) is 6.92. The highest BCUT2D eigenvalue weighted by molar-refractivity contribution is 5.82. The molecule has 1 aromatic heterocycles. The molecule has 0 radical (unpaired) electrons. The van der Waals surface area contributed by atoms with Crippen LogP contribution < -0.4 is 5.32 Å². The molecule has 3 atom stereocenters. The predicted octanol–water partition coefficient (Wildman–Crippen LogP) is 1.59. The van der Waals surface area contributed by atoms with E-state index in [2.05, 4.69) is 10.5 Å². The summed E-state index contributed by atoms with van der Waals surface area (Å²) in [5.41, 5.74) is -0.804. The summed E-state index contributed by atoms with van der Waals surface area (Å²) in [4.78, 5) is 23.2. The van der Waals surface area contributed by atoms with Crippen molar-refractivity contribution in [1.29, 1.82) is 0 Å². The molecule has 7 heteroatoms. The topological polar surface area (TPSA) is 113 Å². The maximum atomic E-state index is 11.7. The molecule has 21 heavy (non-hydrogen) atoms. The van der Waals surface area contributed by atoms with Crippen molar-refractivity contribution in [3.63, 3.8) is 0 Å². The van der Waals surface area contributed by atoms with Gasteiger partial charge in [-0.3, -0.25) is 14.9 Å². The second-order valence-corrected chi connectivity index (χ2v) is 6.12. The molecule has 116 valence electrons. The molecular formula is C14H20N2O5. The van der Waals surface area contributed by atoms with E-state index in [0.29, 0.717) is 17.9 Å². The van der Waals surface area contributed by atoms with E-state index in [1.807, 2.05) is 13.8 Å². The Morgan fingerprint density at radius 2 is 2.19 bits per heavy atom. The number of nitrogens with zero attached hydrogens (tertiary/aromatic N) is 1. The summed E-state index contributed by atoms with van der Waals surface area (Å²) in [7, 11) is 0. The quantitative estimate of drug-likeness (QED) is 0.756. The van der Waals surface area contributed by atoms with Crippen LogP contribution in [0.2, 0.25) is 0 Å². The van der Waals surface area contributed by atoms with Gasteiger partial charge in [0.15, 0.2) is 0 Å². The van der Waals surface area contributed by atoms with Crippen LogP contribution in [-0.4, -0.2) is 32.8 Å². The summed E-state index contributed by atoms with van der Waals surface area (Å²) in [5, 5.41) is 25.8. The van der Waals surface area contributed by atoms with Crippen LogP contribution in [0.3, 0.4) is 0 Å². The largest absolute Gasteiger partial charge is 0.481 e. The molecule has 2 heterocycles. The van der Waals surface area contributed by atoms with Crippen LogP contribution in [0.1, 0.15) is 44.2 Å². The van der Waals surface area contributed by atoms with Gasteiger partial charge in [-0.25, -0.2) is 0 Å². The fourth-order valence-corrected chi connectivity index (χ4v) is 3.07. The average Bonchev–Trinajstić information content (AvgIpc) is 2.93. The van der Waals surface area contributed by atoms with Gasteiger partial charge in [0.1, 0.15) is 17.0 Å². The Labute approximate surface area is 122 Å². The number of carboxylic acid groups (broad SMARTS) is 2. The molecule has 1 saturated heterocycles. The van der Waals surface area contributed by atoms with E-state index in [1.165, 1.54) is 0 Å². The molecule has 0 aliphatic carbocycles. The smallest absolute Gasteiger partial charge is 0.323 e. The van der Waals surface area contributed by atoms with Crippen molar-refractivity contribution in [2.75, 3.05) is 0 Å². The lowest BCUT2D eigenvalue weighted by molar-refractivity contribution is -0.145. The Balaban J connectivity index is 2.37. The van der Waals surface area contributed by atoms with Crippen molar-refractivity contribution in [3.05, 3.63) is 17.5 Å². The number of carboxylic acids is 2. The maximum Gasteiger partial charge on any atom is 0.323 e. The molecule has 0 amide bonds. The van der Waals surface area contributed by atoms with Crippen LogP contribution in [-0.2, 0) is 9.59 Å². The van der Waals surface area contributed by atoms with Crippen molar-refractivity contribution in [2.24, 2.45) is 11.8 Å². The lowest BCUT2D eigenvalue weighted by Crippen LogP contribution is -2.49. The maximum absolute atomic E-state index is 11.7. The number of rotatable bonds is 5. The minimum Gasteiger partial charge on any atom is -0.481 e. The molecule has 1 aliphatic heterocycles. The van der Waals surface area contributed by atoms with Crippen LogP contribution in [0.25, 0.3) is 0 Å². The monoisotopic (exact) mass is 296 g/mol. The fraction of sp³-hybridized carbons (Fsp3) is 0.643. The van der Waals surface area contributed by atoms with Gasteiger partial charge in [-0.15, -0.1) is 0 Å². The highest BCUT2D eigenvalue weighted by Gasteiger charge is 2.53. The van der Waals surface area contributed by atoms with Gasteiger partial charge < -0.3 is 14.7 Å². The number of nitrogens with one attached hydrogen (secondary N) is 1. The van der Waals surface area contributed by atoms with Gasteiger partial charge in [0.05, 0.1) is 12.0 Å². The van der Waals surface area contributed by atoms with Gasteiger partial charge in [-0.1, -0.05) is 19.0 Å². The second kappa shape index (κ2) is 5.48. The molecule has 0 saturated carbocycles. The summed E-state index contributed by atoms with van der Waals surface area (Å²) in [5.74, 6) is -2.21. The normalized spacial score (nSPS) is 29.0. The zero-order valence-corrected chi connectivity index (χ0v) is 12.3. The van der Waals surface area contributed by atoms with Crippen LogP contribution in [0.15, 0.2) is 10.6 Å². The van der Waals surface area contributed by atoms with E-state index >= 15 is 0 Å². The summed E-state index contributed by atoms with van der Waals surface area (Å²) in [6.07, 6.45) is 0.395. The molecule has 7 nitrogen and oxygen atoms in total. The van der Waals surface area contributed by atoms with Crippen molar-refractivity contribution in [2.45, 2.75) is 45.2 Å². The molecule has 0 unspecified atom stereocenters. The third kappa shape index (κ3) is 2.92. The van der Waals surface area contributed by atoms with E-state index in [0.717, 1.165) is 0 Å². The van der Waals surface area contributed by atoms with Crippen molar-refractivity contribution in [3.8, 4) is 0 Å². The Hall–Kier alpha value is -1.89. The Kier molecular flexibility index (Phi) is 4.04. The first-order valence-corrected chi connectivity index (χ1v) is 6.92. The van der Waals surface area contributed by atoms with Gasteiger partial charge in [0.2, 0.25) is 0 Å². The van der Waals surface area contributed by atoms with Gasteiger partial charge in [0, 0.05) is 6.07 Å². The van der Waals surface area contributed by atoms with E-state index < -0.39 is 29.4 Å². The van der Waals surface area contributed by atoms with Crippen molar-refractivity contribution in [1.82, 2.24) is 10.5 Å². The molecule has 0 bridgehead atoms. The lowest BCUT2D eigenvalue weighted by atomic mass is 9.84. The summed E-state index contributed by atoms with van der Waals surface area (Å²) in [6.45, 7) is 5.53. The number of carbonyl (C=O) groups is 2. The zero-order chi connectivity index (χ0) is 15.8. The molecule has 1 aromatic rings. The van der Waals surface area contributed by atoms with Crippen LogP contribution in [0, 0.1) is 18.8 Å². The molecular weight excluding hydrogens is 276 g/mol. The van der Waals surface area contributed by atoms with Gasteiger partial charge in [-0.05, 0) is 25.7 Å². The zero-order valence-electron chi connectivity index (χ0n) is 12.3. The number of hydrogen-bond donors (Lipinski definition) is 3. The first kappa shape index (κ1) is 15.5. The van der Waals surface area contributed by atoms with Crippen LogP contribution in [0.5, 0.6) is 0 Å². The minimum atomic E-state index is -1.24. The molecule has 3 N–H and O–H groups in total. The third-order valence-electron chi connectivity index (χ3n) is 3.85. The molecule has 0 aromatic carbocycles. The standard InChI is InChI=1S/C14H20N2O5/c1-7(2)5-14(13(19)20)6-9(12(17)18)11(15-14)10-4-8(3)21-16-10/h4,7,9,11,15H,5-6H2,1-3H3,(H,17,18)(H,19,20)/t9-,11+,14-/m0/s1. The van der Waals surface area contributed by atoms with E-state index in [-0.39, 0.29) is 12.3 Å². The Morgan fingerprint density at radius 3 is 2.62 bits per heavy atom. The molecule has 1 fully saturated rings. The summed E-state index contributed by atoms with van der Waals surface area (Å²) < 4.78 is 4.98. The number of aryl methyl sites for hydroxylation is 1. The molecule has 0 spiro atoms. The van der Waals surface area contributed by atoms with Crippen LogP contribution >= 0.6 is 0 Å². The average molecular weight is 296 g/mol. The van der Waals surface area contributed by atoms with Crippen molar-refractivity contribution >= 4 is 11.9 Å². The SMILES string of the molecule is Cc1cc([C@@H]2N[C@](CC(C)C)(C(=O)O)C[C@@H]2C(=O)O)no1. The molecule has 1 aliphatic rings. The summed E-state index contributed by atoms with van der Waals surface area (Å²) in [6, 6.07) is 0.982. The van der Waals surface area contributed by atoms with Crippen LogP contribution in [0.4, 0.5) is 0 Å². The number of aromatic nitrogens is 1. The fourth-order valence-electron chi connectivity index (χ4n) is 3.07. The van der Waals surface area contributed by atoms with E-state index in [1.54, 1.807) is 13.0 Å². The Bertz CT molecular complexity index is 553. The first-order chi connectivity index (χ1) is 9.75. The highest BCUT2D eigenvalue weighted by Crippen LogP contribution is 2.41. The number of hydrogen-bond acceptors (Lipinski definition) is 5. The lowest BCUT2D eigenvalue weighted by Gasteiger charge is -2.27. The third-order valence-corrected chi connectivity index (χ3v) is 3.85. The molecule has 2 rings (SSSR count). The number of aliphatic carboxylic acids is 2. The predicted molar refractivity (Wildman–Crippen MR) is 72.7 cm³/mol. The van der Waals surface area contributed by atoms with Gasteiger partial charge >= 0.3 is 11.9 Å². The summed E-state index contributed by atoms with van der Waals surface area (Å²) >= 11 is 0.